The van der Waals surface area contributed by atoms with E-state index in [1.54, 1.807) is 64.9 Å². The van der Waals surface area contributed by atoms with Crippen LogP contribution in [0.2, 0.25) is 0 Å². The molecule has 1 heterocycles. The van der Waals surface area contributed by atoms with Crippen LogP contribution < -0.4 is 15.6 Å². The minimum Gasteiger partial charge on any atom is -0.504 e. The van der Waals surface area contributed by atoms with Crippen molar-refractivity contribution in [1.82, 2.24) is 4.90 Å². The number of carbonyl (C=O) groups excluding carboxylic acids is 2. The molecule has 1 aromatic carbocycles. The van der Waals surface area contributed by atoms with Gasteiger partial charge in [-0.2, -0.15) is 0 Å². The Morgan fingerprint density at radius 3 is 2.35 bits per heavy atom. The van der Waals surface area contributed by atoms with Crippen molar-refractivity contribution in [3.8, 4) is 11.5 Å². The Morgan fingerprint density at radius 2 is 1.76 bits per heavy atom. The van der Waals surface area contributed by atoms with Crippen LogP contribution in [0.1, 0.15) is 103 Å². The quantitative estimate of drug-likeness (QED) is 0.0653. The number of rotatable bonds is 17. The number of benzene rings is 1. The monoisotopic (exact) mass is 702 g/mol. The number of carbonyl (C=O) groups is 2. The number of allylic oxidation sites excluding steroid dienone is 4. The van der Waals surface area contributed by atoms with Crippen LogP contribution in [0.5, 0.6) is 11.5 Å². The van der Waals surface area contributed by atoms with Crippen molar-refractivity contribution in [1.29, 1.82) is 0 Å². The first-order valence-corrected chi connectivity index (χ1v) is 18.2. The highest BCUT2D eigenvalue weighted by molar-refractivity contribution is 6.05. The van der Waals surface area contributed by atoms with E-state index in [9.17, 15) is 24.6 Å². The molecule has 0 aliphatic heterocycles. The van der Waals surface area contributed by atoms with Crippen LogP contribution in [0.25, 0.3) is 5.57 Å². The Hall–Kier alpha value is -4.60. The molecule has 2 aromatic rings. The molecular weight excluding hydrogens is 644 g/mol. The molecule has 1 fully saturated rings. The lowest BCUT2D eigenvalue weighted by Crippen LogP contribution is -2.29. The van der Waals surface area contributed by atoms with Crippen molar-refractivity contribution >= 4 is 34.5 Å². The summed E-state index contributed by atoms with van der Waals surface area (Å²) in [6.45, 7) is 14.0. The van der Waals surface area contributed by atoms with Crippen molar-refractivity contribution in [2.75, 3.05) is 44.1 Å². The number of Topliss-reactive ketones (excluding diaryl/α,β-unsaturated/α-hetero) is 1. The number of phenolic OH excluding ortho intramolecular Hbond substituents is 2. The van der Waals surface area contributed by atoms with Gasteiger partial charge in [0.1, 0.15) is 18.2 Å². The SMILES string of the molecule is C/C=C(/C=C(\C)C(=O)N(C)C)C(\CC1CCCC1)=N/CNc1ccc(/C(=C/C)c2oc(N(CCC)CCC(C)C(C)=O)cc(=O)c2C)c(O)c1O. The number of aromatic hydroxyl groups is 2. The zero-order chi connectivity index (χ0) is 37.8. The van der Waals surface area contributed by atoms with E-state index in [2.05, 4.69) is 5.32 Å². The summed E-state index contributed by atoms with van der Waals surface area (Å²) in [6.07, 6.45) is 12.5. The van der Waals surface area contributed by atoms with Crippen LogP contribution in [0, 0.1) is 18.8 Å². The zero-order valence-corrected chi connectivity index (χ0v) is 32.1. The van der Waals surface area contributed by atoms with Gasteiger partial charge in [-0.25, -0.2) is 0 Å². The highest BCUT2D eigenvalue weighted by Crippen LogP contribution is 2.42. The second-order valence-electron chi connectivity index (χ2n) is 13.8. The average Bonchev–Trinajstić information content (AvgIpc) is 3.62. The van der Waals surface area contributed by atoms with Crippen molar-refractivity contribution < 1.29 is 24.2 Å². The summed E-state index contributed by atoms with van der Waals surface area (Å²) in [6, 6.07) is 4.82. The van der Waals surface area contributed by atoms with Gasteiger partial charge in [-0.3, -0.25) is 19.4 Å². The number of phenols is 2. The molecule has 1 aliphatic carbocycles. The van der Waals surface area contributed by atoms with Crippen LogP contribution in [0.15, 0.2) is 61.8 Å². The Kier molecular flexibility index (Phi) is 15.3. The molecule has 1 amide bonds. The van der Waals surface area contributed by atoms with Gasteiger partial charge in [0.05, 0.1) is 5.69 Å². The van der Waals surface area contributed by atoms with Gasteiger partial charge in [0.2, 0.25) is 5.91 Å². The molecule has 0 saturated heterocycles. The molecule has 1 atom stereocenters. The highest BCUT2D eigenvalue weighted by atomic mass is 16.4. The van der Waals surface area contributed by atoms with Crippen molar-refractivity contribution in [3.05, 3.63) is 74.7 Å². The highest BCUT2D eigenvalue weighted by Gasteiger charge is 2.23. The van der Waals surface area contributed by atoms with Gasteiger partial charge < -0.3 is 29.7 Å². The molecule has 278 valence electrons. The van der Waals surface area contributed by atoms with E-state index in [1.807, 2.05) is 37.8 Å². The fraction of sp³-hybridized carbons (Fsp3) is 0.512. The fourth-order valence-corrected chi connectivity index (χ4v) is 6.42. The molecule has 0 spiro atoms. The summed E-state index contributed by atoms with van der Waals surface area (Å²) in [7, 11) is 3.46. The molecule has 10 heteroatoms. The number of hydrogen-bond donors (Lipinski definition) is 3. The molecule has 10 nitrogen and oxygen atoms in total. The topological polar surface area (TPSA) is 136 Å². The zero-order valence-electron chi connectivity index (χ0n) is 32.1. The Labute approximate surface area is 303 Å². The first-order chi connectivity index (χ1) is 24.2. The van der Waals surface area contributed by atoms with Crippen LogP contribution in [-0.4, -0.2) is 66.4 Å². The van der Waals surface area contributed by atoms with Gasteiger partial charge >= 0.3 is 0 Å². The lowest BCUT2D eigenvalue weighted by Gasteiger charge is -2.25. The van der Waals surface area contributed by atoms with Crippen LogP contribution >= 0.6 is 0 Å². The molecule has 3 N–H and O–H groups in total. The maximum absolute atomic E-state index is 13.2. The van der Waals surface area contributed by atoms with E-state index < -0.39 is 0 Å². The molecule has 0 bridgehead atoms. The van der Waals surface area contributed by atoms with Crippen LogP contribution in [0.4, 0.5) is 11.6 Å². The third-order valence-corrected chi connectivity index (χ3v) is 9.73. The fourth-order valence-electron chi connectivity index (χ4n) is 6.42. The summed E-state index contributed by atoms with van der Waals surface area (Å²) in [5, 5.41) is 25.6. The third-order valence-electron chi connectivity index (χ3n) is 9.73. The Balaban J connectivity index is 1.93. The molecule has 0 radical (unpaired) electrons. The van der Waals surface area contributed by atoms with Crippen molar-refractivity contribution in [2.24, 2.45) is 16.8 Å². The van der Waals surface area contributed by atoms with Gasteiger partial charge in [-0.05, 0) is 83.6 Å². The summed E-state index contributed by atoms with van der Waals surface area (Å²) >= 11 is 0. The minimum atomic E-state index is -0.355. The number of nitrogens with zero attached hydrogens (tertiary/aromatic N) is 3. The van der Waals surface area contributed by atoms with Gasteiger partial charge in [0, 0.05) is 67.2 Å². The first kappa shape index (κ1) is 40.8. The molecule has 1 unspecified atom stereocenters. The first-order valence-electron chi connectivity index (χ1n) is 18.2. The number of ketones is 1. The standard InChI is InChI=1S/C41H58N4O6/c1-10-20-45(21-19-26(4)29(7)46)37-24-36(47)28(6)40(51-37)32(12-3)33-17-18-34(39(49)38(33)48)42-25-43-35(23-30-15-13-14-16-30)31(11-2)22-27(5)41(50)44(8)9/h11-12,17-18,22,24,26,30,42,48-49H,10,13-16,19-21,23,25H2,1-9H3/b27-22+,31-11-,32-12-,43-35-. The number of amides is 1. The second-order valence-corrected chi connectivity index (χ2v) is 13.8. The van der Waals surface area contributed by atoms with E-state index in [1.165, 1.54) is 18.9 Å². The average molecular weight is 703 g/mol. The van der Waals surface area contributed by atoms with E-state index in [0.717, 1.165) is 37.0 Å². The van der Waals surface area contributed by atoms with Crippen LogP contribution in [-0.2, 0) is 9.59 Å². The lowest BCUT2D eigenvalue weighted by molar-refractivity contribution is -0.124. The summed E-state index contributed by atoms with van der Waals surface area (Å²) in [4.78, 5) is 46.1. The lowest BCUT2D eigenvalue weighted by atomic mass is 9.95. The smallest absolute Gasteiger partial charge is 0.248 e. The predicted molar refractivity (Wildman–Crippen MR) is 208 cm³/mol. The number of likely N-dealkylation sites (N-methyl/N-ethyl adjacent to an activating group) is 1. The normalized spacial score (nSPS) is 15.2. The maximum atomic E-state index is 13.2. The molecular formula is C41H58N4O6. The summed E-state index contributed by atoms with van der Waals surface area (Å²) in [5.74, 6) is 0.441. The summed E-state index contributed by atoms with van der Waals surface area (Å²) < 4.78 is 6.38. The summed E-state index contributed by atoms with van der Waals surface area (Å²) in [5.41, 5.74) is 3.63. The number of hydrogen-bond acceptors (Lipinski definition) is 9. The van der Waals surface area contributed by atoms with E-state index in [4.69, 9.17) is 9.41 Å². The maximum Gasteiger partial charge on any atom is 0.248 e. The van der Waals surface area contributed by atoms with Gasteiger partial charge in [0.25, 0.3) is 0 Å². The van der Waals surface area contributed by atoms with Gasteiger partial charge in [-0.15, -0.1) is 0 Å². The van der Waals surface area contributed by atoms with E-state index in [0.29, 0.717) is 65.0 Å². The van der Waals surface area contributed by atoms with E-state index >= 15 is 0 Å². The van der Waals surface area contributed by atoms with E-state index in [-0.39, 0.29) is 41.2 Å². The molecule has 1 saturated carbocycles. The number of anilines is 2. The van der Waals surface area contributed by atoms with Crippen molar-refractivity contribution in [2.45, 2.75) is 93.4 Å². The second kappa shape index (κ2) is 19.1. The minimum absolute atomic E-state index is 0.0625. The predicted octanol–water partition coefficient (Wildman–Crippen LogP) is 8.01. The van der Waals surface area contributed by atoms with Crippen LogP contribution in [0.3, 0.4) is 0 Å². The molecule has 1 aliphatic rings. The molecule has 51 heavy (non-hydrogen) atoms. The Bertz CT molecular complexity index is 1730. The third kappa shape index (κ3) is 10.7. The molecule has 3 rings (SSSR count). The van der Waals surface area contributed by atoms with Crippen molar-refractivity contribution in [3.63, 3.8) is 0 Å². The van der Waals surface area contributed by atoms with Gasteiger partial charge in [-0.1, -0.05) is 51.7 Å². The molecule has 1 aromatic heterocycles. The van der Waals surface area contributed by atoms with Gasteiger partial charge in [0.15, 0.2) is 22.8 Å². The Morgan fingerprint density at radius 1 is 1.08 bits per heavy atom. The number of aliphatic imine (C=N–C) groups is 1. The number of nitrogens with one attached hydrogen (secondary N) is 1. The largest absolute Gasteiger partial charge is 0.504 e.